The van der Waals surface area contributed by atoms with Crippen LogP contribution in [0.4, 0.5) is 5.82 Å². The van der Waals surface area contributed by atoms with E-state index in [2.05, 4.69) is 26.2 Å². The fourth-order valence-corrected chi connectivity index (χ4v) is 2.87. The molecule has 0 saturated carbocycles. The van der Waals surface area contributed by atoms with Crippen molar-refractivity contribution in [3.05, 3.63) is 34.9 Å². The molecule has 1 aromatic heterocycles. The molecule has 2 rings (SSSR count). The van der Waals surface area contributed by atoms with Gasteiger partial charge in [0, 0.05) is 28.0 Å². The van der Waals surface area contributed by atoms with Crippen LogP contribution in [-0.4, -0.2) is 22.6 Å². The first kappa shape index (κ1) is 15.8. The maximum atomic E-state index is 11.3. The maximum absolute atomic E-state index is 11.3. The predicted molar refractivity (Wildman–Crippen MR) is 88.5 cm³/mol. The Bertz CT molecular complexity index is 643. The van der Waals surface area contributed by atoms with Crippen molar-refractivity contribution in [2.75, 3.05) is 11.9 Å². The third-order valence-electron chi connectivity index (χ3n) is 3.37. The molecular formula is C16H19BrN2O2. The number of halogens is 1. The van der Waals surface area contributed by atoms with Crippen LogP contribution in [0.1, 0.15) is 20.3 Å². The molecule has 0 spiro atoms. The second-order valence-corrected chi connectivity index (χ2v) is 6.39. The molecule has 5 heteroatoms. The van der Waals surface area contributed by atoms with Crippen molar-refractivity contribution in [3.8, 4) is 0 Å². The fraction of sp³-hybridized carbons (Fsp3) is 0.375. The molecule has 1 aromatic carbocycles. The van der Waals surface area contributed by atoms with Crippen LogP contribution < -0.4 is 5.32 Å². The van der Waals surface area contributed by atoms with E-state index in [9.17, 15) is 9.90 Å². The molecule has 0 aliphatic rings. The average Bonchev–Trinajstić information content (AvgIpc) is 2.43. The summed E-state index contributed by atoms with van der Waals surface area (Å²) in [5.41, 5.74) is 0. The first-order valence-corrected chi connectivity index (χ1v) is 7.78. The van der Waals surface area contributed by atoms with Crippen LogP contribution in [0.15, 0.2) is 34.9 Å². The van der Waals surface area contributed by atoms with Gasteiger partial charge in [0.25, 0.3) is 0 Å². The molecule has 21 heavy (non-hydrogen) atoms. The van der Waals surface area contributed by atoms with Gasteiger partial charge in [-0.25, -0.2) is 4.98 Å². The van der Waals surface area contributed by atoms with E-state index in [1.54, 1.807) is 6.20 Å². The number of anilines is 1. The predicted octanol–water partition coefficient (Wildman–Crippen LogP) is 4.16. The highest BCUT2D eigenvalue weighted by Crippen LogP contribution is 2.27. The number of rotatable bonds is 6. The van der Waals surface area contributed by atoms with Gasteiger partial charge in [0.1, 0.15) is 5.82 Å². The Kier molecular flexibility index (Phi) is 5.17. The number of carbonyl (C=O) groups is 1. The number of aliphatic carboxylic acids is 1. The van der Waals surface area contributed by atoms with Crippen molar-refractivity contribution >= 4 is 38.5 Å². The van der Waals surface area contributed by atoms with Crippen molar-refractivity contribution < 1.29 is 9.90 Å². The molecular weight excluding hydrogens is 332 g/mol. The summed E-state index contributed by atoms with van der Waals surface area (Å²) in [6, 6.07) is 7.84. The second kappa shape index (κ2) is 6.89. The largest absolute Gasteiger partial charge is 0.481 e. The zero-order valence-corrected chi connectivity index (χ0v) is 13.7. The highest BCUT2D eigenvalue weighted by molar-refractivity contribution is 9.10. The molecule has 0 aliphatic carbocycles. The Balaban J connectivity index is 2.20. The minimum absolute atomic E-state index is 0.350. The number of fused-ring (bicyclic) bond motifs is 1. The van der Waals surface area contributed by atoms with Gasteiger partial charge in [-0.15, -0.1) is 0 Å². The zero-order chi connectivity index (χ0) is 15.4. The number of nitrogens with one attached hydrogen (secondary N) is 1. The van der Waals surface area contributed by atoms with E-state index in [4.69, 9.17) is 0 Å². The molecule has 1 unspecified atom stereocenters. The number of nitrogens with zero attached hydrogens (tertiary/aromatic N) is 1. The fourth-order valence-electron chi connectivity index (χ4n) is 2.37. The average molecular weight is 351 g/mol. The van der Waals surface area contributed by atoms with E-state index in [0.29, 0.717) is 18.9 Å². The van der Waals surface area contributed by atoms with Gasteiger partial charge >= 0.3 is 5.97 Å². The Morgan fingerprint density at radius 3 is 2.76 bits per heavy atom. The monoisotopic (exact) mass is 350 g/mol. The summed E-state index contributed by atoms with van der Waals surface area (Å²) in [7, 11) is 0. The van der Waals surface area contributed by atoms with Crippen molar-refractivity contribution in [2.24, 2.45) is 11.8 Å². The van der Waals surface area contributed by atoms with Gasteiger partial charge in [-0.05, 0) is 24.5 Å². The summed E-state index contributed by atoms with van der Waals surface area (Å²) < 4.78 is 1.00. The molecule has 4 nitrogen and oxygen atoms in total. The van der Waals surface area contributed by atoms with Crippen LogP contribution in [0.5, 0.6) is 0 Å². The Hall–Kier alpha value is -1.62. The normalized spacial score (nSPS) is 12.6. The van der Waals surface area contributed by atoms with E-state index in [1.807, 2.05) is 38.1 Å². The lowest BCUT2D eigenvalue weighted by molar-refractivity contribution is -0.141. The van der Waals surface area contributed by atoms with Crippen LogP contribution >= 0.6 is 15.9 Å². The van der Waals surface area contributed by atoms with Crippen LogP contribution in [0.25, 0.3) is 10.8 Å². The Labute approximate surface area is 132 Å². The highest BCUT2D eigenvalue weighted by Gasteiger charge is 2.19. The minimum atomic E-state index is -0.766. The Morgan fingerprint density at radius 1 is 1.33 bits per heavy atom. The number of hydrogen-bond donors (Lipinski definition) is 2. The van der Waals surface area contributed by atoms with Gasteiger partial charge in [-0.3, -0.25) is 4.79 Å². The Morgan fingerprint density at radius 2 is 2.10 bits per heavy atom. The number of pyridine rings is 1. The lowest BCUT2D eigenvalue weighted by Crippen LogP contribution is -2.24. The number of aromatic nitrogens is 1. The number of benzene rings is 1. The standard InChI is InChI=1S/C16H19BrN2O2/c1-10(2)8-11(16(20)21)9-19-15-13-4-3-5-14(17)12(13)6-7-18-15/h3-7,10-11H,8-9H2,1-2H3,(H,18,19)(H,20,21). The van der Waals surface area contributed by atoms with E-state index in [-0.39, 0.29) is 0 Å². The van der Waals surface area contributed by atoms with Gasteiger partial charge in [-0.1, -0.05) is 41.9 Å². The van der Waals surface area contributed by atoms with E-state index in [0.717, 1.165) is 21.1 Å². The molecule has 0 aliphatic heterocycles. The van der Waals surface area contributed by atoms with Crippen LogP contribution in [0.2, 0.25) is 0 Å². The number of hydrogen-bond acceptors (Lipinski definition) is 3. The minimum Gasteiger partial charge on any atom is -0.481 e. The third-order valence-corrected chi connectivity index (χ3v) is 4.07. The van der Waals surface area contributed by atoms with Crippen molar-refractivity contribution in [2.45, 2.75) is 20.3 Å². The molecule has 0 amide bonds. The summed E-state index contributed by atoms with van der Waals surface area (Å²) in [4.78, 5) is 15.6. The SMILES string of the molecule is CC(C)CC(CNc1nccc2c(Br)cccc12)C(=O)O. The van der Waals surface area contributed by atoms with Gasteiger partial charge in [-0.2, -0.15) is 0 Å². The first-order valence-electron chi connectivity index (χ1n) is 6.99. The highest BCUT2D eigenvalue weighted by atomic mass is 79.9. The summed E-state index contributed by atoms with van der Waals surface area (Å²) >= 11 is 3.52. The van der Waals surface area contributed by atoms with Crippen molar-refractivity contribution in [3.63, 3.8) is 0 Å². The van der Waals surface area contributed by atoms with Gasteiger partial charge < -0.3 is 10.4 Å². The van der Waals surface area contributed by atoms with Crippen LogP contribution in [0.3, 0.4) is 0 Å². The molecule has 0 bridgehead atoms. The molecule has 0 saturated heterocycles. The summed E-state index contributed by atoms with van der Waals surface area (Å²) in [5, 5.41) is 14.5. The molecule has 2 N–H and O–H groups in total. The van der Waals surface area contributed by atoms with Crippen molar-refractivity contribution in [1.29, 1.82) is 0 Å². The maximum Gasteiger partial charge on any atom is 0.308 e. The van der Waals surface area contributed by atoms with Gasteiger partial charge in [0.15, 0.2) is 0 Å². The summed E-state index contributed by atoms with van der Waals surface area (Å²) in [5.74, 6) is -0.0989. The smallest absolute Gasteiger partial charge is 0.308 e. The number of carboxylic acid groups (broad SMARTS) is 1. The molecule has 1 heterocycles. The topological polar surface area (TPSA) is 62.2 Å². The van der Waals surface area contributed by atoms with E-state index in [1.165, 1.54) is 0 Å². The summed E-state index contributed by atoms with van der Waals surface area (Å²) in [6.07, 6.45) is 2.38. The molecule has 0 radical (unpaired) electrons. The van der Waals surface area contributed by atoms with Gasteiger partial charge in [0.2, 0.25) is 0 Å². The van der Waals surface area contributed by atoms with E-state index >= 15 is 0 Å². The lowest BCUT2D eigenvalue weighted by Gasteiger charge is -2.16. The third kappa shape index (κ3) is 3.94. The van der Waals surface area contributed by atoms with Crippen LogP contribution in [-0.2, 0) is 4.79 Å². The molecule has 1 atom stereocenters. The second-order valence-electron chi connectivity index (χ2n) is 5.54. The molecule has 112 valence electrons. The lowest BCUT2D eigenvalue weighted by atomic mass is 9.97. The molecule has 2 aromatic rings. The van der Waals surface area contributed by atoms with E-state index < -0.39 is 11.9 Å². The molecule has 0 fully saturated rings. The summed E-state index contributed by atoms with van der Waals surface area (Å²) in [6.45, 7) is 4.44. The van der Waals surface area contributed by atoms with Crippen molar-refractivity contribution in [1.82, 2.24) is 4.98 Å². The van der Waals surface area contributed by atoms with Gasteiger partial charge in [0.05, 0.1) is 5.92 Å². The van der Waals surface area contributed by atoms with Crippen LogP contribution in [0, 0.1) is 11.8 Å². The zero-order valence-electron chi connectivity index (χ0n) is 12.1. The first-order chi connectivity index (χ1) is 9.99. The quantitative estimate of drug-likeness (QED) is 0.821. The number of carboxylic acids is 1.